The van der Waals surface area contributed by atoms with Gasteiger partial charge in [0.1, 0.15) is 6.61 Å². The fourth-order valence-corrected chi connectivity index (χ4v) is 0.962. The lowest BCUT2D eigenvalue weighted by Gasteiger charge is -2.04. The summed E-state index contributed by atoms with van der Waals surface area (Å²) < 4.78 is 4.55. The van der Waals surface area contributed by atoms with Gasteiger partial charge in [-0.15, -0.1) is 0 Å². The van der Waals surface area contributed by atoms with Crippen molar-refractivity contribution in [3.8, 4) is 0 Å². The summed E-state index contributed by atoms with van der Waals surface area (Å²) in [5.74, 6) is -0.845. The minimum atomic E-state index is -1.13. The van der Waals surface area contributed by atoms with Crippen LogP contribution >= 0.6 is 0 Å². The molecule has 5 nitrogen and oxygen atoms in total. The summed E-state index contributed by atoms with van der Waals surface area (Å²) in [7, 11) is 4.78. The van der Waals surface area contributed by atoms with Gasteiger partial charge in [0, 0.05) is 5.69 Å². The standard InChI is InChI=1S/C9H8BNO4/c10-8(12)15-5-6-1-3-7(4-2-6)11-9(13)14/h1-4,11H,5H2,(H,13,14). The molecule has 0 saturated heterocycles. The summed E-state index contributed by atoms with van der Waals surface area (Å²) in [6, 6.07) is 6.39. The third kappa shape index (κ3) is 4.17. The molecule has 2 radical (unpaired) electrons. The quantitative estimate of drug-likeness (QED) is 0.734. The van der Waals surface area contributed by atoms with Crippen LogP contribution in [0.15, 0.2) is 24.3 Å². The van der Waals surface area contributed by atoms with E-state index in [2.05, 4.69) is 10.1 Å². The van der Waals surface area contributed by atoms with Gasteiger partial charge in [0.05, 0.1) is 0 Å². The van der Waals surface area contributed by atoms with E-state index in [1.165, 1.54) is 0 Å². The largest absolute Gasteiger partial charge is 0.470 e. The first kappa shape index (κ1) is 11.1. The molecule has 6 heteroatoms. The Balaban J connectivity index is 2.56. The van der Waals surface area contributed by atoms with Crippen molar-refractivity contribution < 1.29 is 19.4 Å². The van der Waals surface area contributed by atoms with Gasteiger partial charge >= 0.3 is 6.09 Å². The van der Waals surface area contributed by atoms with Crippen LogP contribution in [0.2, 0.25) is 0 Å². The smallest absolute Gasteiger partial charge is 0.409 e. The first-order valence-corrected chi connectivity index (χ1v) is 4.09. The number of carbonyl (C=O) groups excluding carboxylic acids is 1. The van der Waals surface area contributed by atoms with E-state index in [1.54, 1.807) is 24.3 Å². The van der Waals surface area contributed by atoms with E-state index in [9.17, 15) is 9.59 Å². The third-order valence-corrected chi connectivity index (χ3v) is 1.59. The van der Waals surface area contributed by atoms with Gasteiger partial charge in [0.25, 0.3) is 0 Å². The molecule has 0 heterocycles. The molecule has 0 aliphatic carbocycles. The molecule has 2 N–H and O–H groups in total. The van der Waals surface area contributed by atoms with E-state index in [0.29, 0.717) is 5.69 Å². The second kappa shape index (κ2) is 5.04. The number of rotatable bonds is 3. The zero-order valence-electron chi connectivity index (χ0n) is 7.77. The minimum Gasteiger partial charge on any atom is -0.470 e. The van der Waals surface area contributed by atoms with Gasteiger partial charge in [-0.05, 0) is 17.7 Å². The zero-order valence-corrected chi connectivity index (χ0v) is 7.77. The number of hydrogen-bond donors (Lipinski definition) is 2. The second-order valence-electron chi connectivity index (χ2n) is 2.73. The summed E-state index contributed by atoms with van der Waals surface area (Å²) in [4.78, 5) is 20.6. The normalized spacial score (nSPS) is 9.33. The molecule has 76 valence electrons. The van der Waals surface area contributed by atoms with Crippen molar-refractivity contribution in [1.29, 1.82) is 0 Å². The SMILES string of the molecule is [B]C(=O)OCc1ccc(NC(=O)O)cc1. The van der Waals surface area contributed by atoms with Gasteiger partial charge in [0.2, 0.25) is 13.7 Å². The molecular formula is C9H8BNO4. The third-order valence-electron chi connectivity index (χ3n) is 1.59. The molecule has 0 aliphatic heterocycles. The van der Waals surface area contributed by atoms with E-state index in [4.69, 9.17) is 13.0 Å². The first-order valence-electron chi connectivity index (χ1n) is 4.09. The molecular weight excluding hydrogens is 197 g/mol. The lowest BCUT2D eigenvalue weighted by Crippen LogP contribution is -2.07. The highest BCUT2D eigenvalue weighted by Crippen LogP contribution is 2.10. The summed E-state index contributed by atoms with van der Waals surface area (Å²) in [6.07, 6.45) is -1.13. The number of carboxylic acid groups (broad SMARTS) is 1. The number of ether oxygens (including phenoxy) is 1. The van der Waals surface area contributed by atoms with Crippen molar-refractivity contribution in [2.45, 2.75) is 6.61 Å². The minimum absolute atomic E-state index is 0.0721. The van der Waals surface area contributed by atoms with E-state index < -0.39 is 12.0 Å². The van der Waals surface area contributed by atoms with Crippen LogP contribution < -0.4 is 5.32 Å². The summed E-state index contributed by atoms with van der Waals surface area (Å²) in [5.41, 5.74) is 1.18. The maximum atomic E-state index is 10.3. The number of amides is 1. The molecule has 0 bridgehead atoms. The van der Waals surface area contributed by atoms with Gasteiger partial charge < -0.3 is 9.84 Å². The molecule has 0 aliphatic rings. The Morgan fingerprint density at radius 2 is 1.93 bits per heavy atom. The predicted molar refractivity (Wildman–Crippen MR) is 54.0 cm³/mol. The number of carbonyl (C=O) groups is 2. The summed E-state index contributed by atoms with van der Waals surface area (Å²) in [5, 5.41) is 10.6. The van der Waals surface area contributed by atoms with Crippen LogP contribution in [0.4, 0.5) is 15.3 Å². The molecule has 0 fully saturated rings. The highest BCUT2D eigenvalue weighted by Gasteiger charge is 1.99. The van der Waals surface area contributed by atoms with Gasteiger partial charge in [-0.3, -0.25) is 10.1 Å². The van der Waals surface area contributed by atoms with E-state index in [1.807, 2.05) is 0 Å². The molecule has 0 aromatic heterocycles. The molecule has 15 heavy (non-hydrogen) atoms. The van der Waals surface area contributed by atoms with Crippen LogP contribution in [0.25, 0.3) is 0 Å². The topological polar surface area (TPSA) is 75.6 Å². The molecule has 1 amide bonds. The van der Waals surface area contributed by atoms with Crippen molar-refractivity contribution in [3.05, 3.63) is 29.8 Å². The van der Waals surface area contributed by atoms with Gasteiger partial charge in [-0.2, -0.15) is 0 Å². The van der Waals surface area contributed by atoms with E-state index in [-0.39, 0.29) is 6.61 Å². The van der Waals surface area contributed by atoms with Crippen LogP contribution in [0, 0.1) is 0 Å². The molecule has 1 aromatic rings. The fraction of sp³-hybridized carbons (Fsp3) is 0.111. The Morgan fingerprint density at radius 3 is 2.40 bits per heavy atom. The number of benzene rings is 1. The summed E-state index contributed by atoms with van der Waals surface area (Å²) in [6.45, 7) is 0.0721. The zero-order chi connectivity index (χ0) is 11.3. The van der Waals surface area contributed by atoms with Crippen LogP contribution in [0.1, 0.15) is 5.56 Å². The van der Waals surface area contributed by atoms with Crippen LogP contribution in [-0.4, -0.2) is 24.9 Å². The van der Waals surface area contributed by atoms with Gasteiger partial charge in [-0.25, -0.2) is 4.79 Å². The molecule has 1 rings (SSSR count). The van der Waals surface area contributed by atoms with Gasteiger partial charge in [0.15, 0.2) is 0 Å². The lowest BCUT2D eigenvalue weighted by molar-refractivity contribution is 0.167. The average molecular weight is 205 g/mol. The Kier molecular flexibility index (Phi) is 3.73. The Hall–Kier alpha value is -1.98. The Bertz CT molecular complexity index is 363. The van der Waals surface area contributed by atoms with Crippen LogP contribution in [-0.2, 0) is 11.3 Å². The van der Waals surface area contributed by atoms with Crippen molar-refractivity contribution in [1.82, 2.24) is 0 Å². The highest BCUT2D eigenvalue weighted by atomic mass is 16.5. The first-order chi connectivity index (χ1) is 7.08. The average Bonchev–Trinajstić information content (AvgIpc) is 2.16. The number of hydrogen-bond acceptors (Lipinski definition) is 3. The molecule has 0 unspecified atom stereocenters. The van der Waals surface area contributed by atoms with Crippen LogP contribution in [0.3, 0.4) is 0 Å². The van der Waals surface area contributed by atoms with Gasteiger partial charge in [-0.1, -0.05) is 12.1 Å². The maximum absolute atomic E-state index is 10.3. The number of nitrogens with one attached hydrogen (secondary N) is 1. The molecule has 0 atom stereocenters. The molecule has 0 saturated carbocycles. The van der Waals surface area contributed by atoms with E-state index in [0.717, 1.165) is 5.56 Å². The molecule has 0 spiro atoms. The molecule has 1 aromatic carbocycles. The second-order valence-corrected chi connectivity index (χ2v) is 2.73. The van der Waals surface area contributed by atoms with Crippen molar-refractivity contribution >= 4 is 25.5 Å². The maximum Gasteiger partial charge on any atom is 0.409 e. The highest BCUT2D eigenvalue weighted by molar-refractivity contribution is 6.55. The fourth-order valence-electron chi connectivity index (χ4n) is 0.962. The van der Waals surface area contributed by atoms with Crippen LogP contribution in [0.5, 0.6) is 0 Å². The van der Waals surface area contributed by atoms with Crippen molar-refractivity contribution in [2.24, 2.45) is 0 Å². The monoisotopic (exact) mass is 205 g/mol. The predicted octanol–water partition coefficient (Wildman–Crippen LogP) is 1.58. The van der Waals surface area contributed by atoms with E-state index >= 15 is 0 Å². The summed E-state index contributed by atoms with van der Waals surface area (Å²) >= 11 is 0. The van der Waals surface area contributed by atoms with Crippen molar-refractivity contribution in [2.75, 3.05) is 5.32 Å². The number of anilines is 1. The lowest BCUT2D eigenvalue weighted by atomic mass is 10.2. The van der Waals surface area contributed by atoms with Crippen molar-refractivity contribution in [3.63, 3.8) is 0 Å². The Labute approximate surface area is 87.5 Å². The Morgan fingerprint density at radius 1 is 1.33 bits per heavy atom.